The number of rotatable bonds is 2. The number of hydrogen-bond donors (Lipinski definition) is 0. The van der Waals surface area contributed by atoms with Gasteiger partial charge in [-0.3, -0.25) is 0 Å². The minimum atomic E-state index is -0.286. The quantitative estimate of drug-likeness (QED) is 0.482. The minimum absolute atomic E-state index is 0.286. The predicted molar refractivity (Wildman–Crippen MR) is 52.3 cm³/mol. The zero-order valence-electron chi connectivity index (χ0n) is 8.46. The summed E-state index contributed by atoms with van der Waals surface area (Å²) in [4.78, 5) is 10.8. The zero-order valence-corrected chi connectivity index (χ0v) is 8.46. The van der Waals surface area contributed by atoms with Crippen molar-refractivity contribution in [3.05, 3.63) is 23.8 Å². The Labute approximate surface area is 79.3 Å². The van der Waals surface area contributed by atoms with Gasteiger partial charge in [-0.2, -0.15) is 0 Å². The van der Waals surface area contributed by atoms with E-state index in [0.29, 0.717) is 5.41 Å². The summed E-state index contributed by atoms with van der Waals surface area (Å²) in [6, 6.07) is 0. The number of allylic oxidation sites excluding steroid dienone is 3. The molecule has 0 aliphatic heterocycles. The van der Waals surface area contributed by atoms with Gasteiger partial charge in [-0.25, -0.2) is 4.79 Å². The third-order valence-corrected chi connectivity index (χ3v) is 2.23. The van der Waals surface area contributed by atoms with Gasteiger partial charge in [0.1, 0.15) is 0 Å². The lowest BCUT2D eigenvalue weighted by Gasteiger charge is -2.15. The summed E-state index contributed by atoms with van der Waals surface area (Å²) in [5.74, 6) is -0.286. The maximum absolute atomic E-state index is 10.8. The molecule has 2 heteroatoms. The van der Waals surface area contributed by atoms with Gasteiger partial charge in [0.05, 0.1) is 7.11 Å². The van der Waals surface area contributed by atoms with Crippen LogP contribution in [0.1, 0.15) is 26.7 Å². The van der Waals surface area contributed by atoms with E-state index in [1.54, 1.807) is 0 Å². The van der Waals surface area contributed by atoms with Gasteiger partial charge in [-0.05, 0) is 18.3 Å². The molecule has 0 aromatic heterocycles. The summed E-state index contributed by atoms with van der Waals surface area (Å²) in [5, 5.41) is 0. The van der Waals surface area contributed by atoms with Gasteiger partial charge >= 0.3 is 5.97 Å². The van der Waals surface area contributed by atoms with Crippen molar-refractivity contribution in [3.63, 3.8) is 0 Å². The molecule has 0 atom stereocenters. The molecule has 0 fully saturated rings. The Hall–Kier alpha value is -1.05. The van der Waals surface area contributed by atoms with Gasteiger partial charge in [0.2, 0.25) is 0 Å². The van der Waals surface area contributed by atoms with Crippen LogP contribution < -0.4 is 0 Å². The van der Waals surface area contributed by atoms with E-state index >= 15 is 0 Å². The molecule has 0 aromatic rings. The molecule has 13 heavy (non-hydrogen) atoms. The van der Waals surface area contributed by atoms with Crippen molar-refractivity contribution in [1.29, 1.82) is 0 Å². The summed E-state index contributed by atoms with van der Waals surface area (Å²) in [6.07, 6.45) is 7.64. The van der Waals surface area contributed by atoms with E-state index in [9.17, 15) is 4.79 Å². The average molecular weight is 180 g/mol. The summed E-state index contributed by atoms with van der Waals surface area (Å²) in [7, 11) is 1.39. The fraction of sp³-hybridized carbons (Fsp3) is 0.545. The van der Waals surface area contributed by atoms with Crippen LogP contribution in [0.5, 0.6) is 0 Å². The minimum Gasteiger partial charge on any atom is -0.466 e. The van der Waals surface area contributed by atoms with Crippen LogP contribution in [-0.4, -0.2) is 13.1 Å². The molecule has 0 bridgehead atoms. The van der Waals surface area contributed by atoms with E-state index in [2.05, 4.69) is 24.7 Å². The van der Waals surface area contributed by atoms with Crippen molar-refractivity contribution >= 4 is 5.97 Å². The highest BCUT2D eigenvalue weighted by molar-refractivity contribution is 5.82. The Morgan fingerprint density at radius 2 is 2.31 bits per heavy atom. The maximum atomic E-state index is 10.8. The smallest absolute Gasteiger partial charge is 0.330 e. The standard InChI is InChI=1S/C11H16O2/c1-11(2)7-6-9(8-11)4-5-10(12)13-3/h4-6H,7-8H2,1-3H3/b5-4+. The molecule has 0 N–H and O–H groups in total. The Bertz CT molecular complexity index is 259. The molecule has 0 unspecified atom stereocenters. The van der Waals surface area contributed by atoms with Crippen molar-refractivity contribution in [1.82, 2.24) is 0 Å². The Kier molecular flexibility index (Phi) is 2.91. The number of hydrogen-bond acceptors (Lipinski definition) is 2. The number of carbonyl (C=O) groups excluding carboxylic acids is 1. The molecule has 0 saturated heterocycles. The predicted octanol–water partition coefficient (Wildman–Crippen LogP) is 2.46. The highest BCUT2D eigenvalue weighted by atomic mass is 16.5. The number of carbonyl (C=O) groups is 1. The van der Waals surface area contributed by atoms with Crippen molar-refractivity contribution < 1.29 is 9.53 Å². The van der Waals surface area contributed by atoms with Crippen LogP contribution in [0.3, 0.4) is 0 Å². The Balaban J connectivity index is 2.49. The van der Waals surface area contributed by atoms with Crippen LogP contribution >= 0.6 is 0 Å². The number of esters is 1. The van der Waals surface area contributed by atoms with E-state index in [4.69, 9.17) is 0 Å². The molecular formula is C11H16O2. The number of methoxy groups -OCH3 is 1. The highest BCUT2D eigenvalue weighted by Crippen LogP contribution is 2.36. The maximum Gasteiger partial charge on any atom is 0.330 e. The third-order valence-electron chi connectivity index (χ3n) is 2.23. The molecule has 0 aromatic carbocycles. The Morgan fingerprint density at radius 1 is 1.62 bits per heavy atom. The van der Waals surface area contributed by atoms with Crippen LogP contribution in [0, 0.1) is 5.41 Å². The van der Waals surface area contributed by atoms with E-state index in [-0.39, 0.29) is 5.97 Å². The molecule has 0 spiro atoms. The summed E-state index contributed by atoms with van der Waals surface area (Å²) < 4.78 is 4.51. The van der Waals surface area contributed by atoms with Crippen molar-refractivity contribution in [3.8, 4) is 0 Å². The molecule has 0 saturated carbocycles. The molecule has 0 amide bonds. The molecule has 0 heterocycles. The largest absolute Gasteiger partial charge is 0.466 e. The van der Waals surface area contributed by atoms with Crippen LogP contribution in [-0.2, 0) is 9.53 Å². The second-order valence-electron chi connectivity index (χ2n) is 4.18. The second-order valence-corrected chi connectivity index (χ2v) is 4.18. The summed E-state index contributed by atoms with van der Waals surface area (Å²) >= 11 is 0. The average Bonchev–Trinajstić information content (AvgIpc) is 2.41. The molecule has 2 nitrogen and oxygen atoms in total. The fourth-order valence-corrected chi connectivity index (χ4v) is 1.47. The molecule has 1 rings (SSSR count). The van der Waals surface area contributed by atoms with E-state index in [0.717, 1.165) is 12.8 Å². The van der Waals surface area contributed by atoms with E-state index in [1.165, 1.54) is 18.8 Å². The monoisotopic (exact) mass is 180 g/mol. The second kappa shape index (κ2) is 3.77. The molecule has 0 radical (unpaired) electrons. The normalized spacial score (nSPS) is 20.4. The van der Waals surface area contributed by atoms with Crippen LogP contribution in [0.15, 0.2) is 23.8 Å². The molecular weight excluding hydrogens is 164 g/mol. The van der Waals surface area contributed by atoms with Crippen molar-refractivity contribution in [2.45, 2.75) is 26.7 Å². The first-order chi connectivity index (χ1) is 6.03. The lowest BCUT2D eigenvalue weighted by atomic mass is 9.90. The van der Waals surface area contributed by atoms with Gasteiger partial charge in [0.15, 0.2) is 0 Å². The lowest BCUT2D eigenvalue weighted by molar-refractivity contribution is -0.134. The molecule has 1 aliphatic rings. The summed E-state index contributed by atoms with van der Waals surface area (Å²) in [6.45, 7) is 4.45. The summed E-state index contributed by atoms with van der Waals surface area (Å²) in [5.41, 5.74) is 1.59. The van der Waals surface area contributed by atoms with Gasteiger partial charge in [0, 0.05) is 6.08 Å². The van der Waals surface area contributed by atoms with E-state index in [1.807, 2.05) is 6.08 Å². The van der Waals surface area contributed by atoms with Crippen molar-refractivity contribution in [2.24, 2.45) is 5.41 Å². The van der Waals surface area contributed by atoms with Crippen LogP contribution in [0.25, 0.3) is 0 Å². The highest BCUT2D eigenvalue weighted by Gasteiger charge is 2.22. The van der Waals surface area contributed by atoms with Gasteiger partial charge in [0.25, 0.3) is 0 Å². The van der Waals surface area contributed by atoms with Gasteiger partial charge in [-0.15, -0.1) is 0 Å². The van der Waals surface area contributed by atoms with Gasteiger partial charge < -0.3 is 4.74 Å². The van der Waals surface area contributed by atoms with E-state index < -0.39 is 0 Å². The first kappa shape index (κ1) is 10.0. The van der Waals surface area contributed by atoms with Crippen molar-refractivity contribution in [2.75, 3.05) is 7.11 Å². The SMILES string of the molecule is COC(=O)/C=C/C1=CCC(C)(C)C1. The topological polar surface area (TPSA) is 26.3 Å². The molecule has 72 valence electrons. The van der Waals surface area contributed by atoms with Crippen LogP contribution in [0.4, 0.5) is 0 Å². The lowest BCUT2D eigenvalue weighted by Crippen LogP contribution is -2.04. The third kappa shape index (κ3) is 3.05. The Morgan fingerprint density at radius 3 is 2.77 bits per heavy atom. The number of ether oxygens (including phenoxy) is 1. The first-order valence-corrected chi connectivity index (χ1v) is 4.48. The fourth-order valence-electron chi connectivity index (χ4n) is 1.47. The van der Waals surface area contributed by atoms with Gasteiger partial charge in [-0.1, -0.05) is 31.6 Å². The molecule has 1 aliphatic carbocycles. The first-order valence-electron chi connectivity index (χ1n) is 4.48. The van der Waals surface area contributed by atoms with Crippen LogP contribution in [0.2, 0.25) is 0 Å². The zero-order chi connectivity index (χ0) is 9.90.